The lowest BCUT2D eigenvalue weighted by Crippen LogP contribution is -2.29. The molecule has 0 heterocycles. The second-order valence-electron chi connectivity index (χ2n) is 3.93. The third kappa shape index (κ3) is 6.04. The second kappa shape index (κ2) is 5.89. The summed E-state index contributed by atoms with van der Waals surface area (Å²) in [4.78, 5) is 11.2. The van der Waals surface area contributed by atoms with Gasteiger partial charge in [-0.15, -0.1) is 0 Å². The van der Waals surface area contributed by atoms with Crippen LogP contribution >= 0.6 is 10.7 Å². The number of hydrogen-bond acceptors (Lipinski definition) is 5. The van der Waals surface area contributed by atoms with E-state index in [0.29, 0.717) is 5.56 Å². The summed E-state index contributed by atoms with van der Waals surface area (Å²) in [5, 5.41) is 2.41. The van der Waals surface area contributed by atoms with Crippen LogP contribution in [-0.4, -0.2) is 34.8 Å². The summed E-state index contributed by atoms with van der Waals surface area (Å²) in [6.07, 6.45) is 0.965. The maximum atomic E-state index is 11.3. The van der Waals surface area contributed by atoms with Crippen molar-refractivity contribution in [3.05, 3.63) is 29.8 Å². The van der Waals surface area contributed by atoms with Crippen LogP contribution in [0.15, 0.2) is 29.2 Å². The average molecular weight is 326 g/mol. The van der Waals surface area contributed by atoms with Crippen LogP contribution in [0, 0.1) is 0 Å². The Morgan fingerprint density at radius 1 is 1.16 bits per heavy atom. The van der Waals surface area contributed by atoms with Gasteiger partial charge in [0.25, 0.3) is 9.05 Å². The molecule has 0 aliphatic rings. The van der Waals surface area contributed by atoms with Crippen molar-refractivity contribution in [3.8, 4) is 0 Å². The Bertz CT molecular complexity index is 664. The van der Waals surface area contributed by atoms with Gasteiger partial charge in [-0.25, -0.2) is 16.8 Å². The van der Waals surface area contributed by atoms with Crippen molar-refractivity contribution < 1.29 is 21.6 Å². The second-order valence-corrected chi connectivity index (χ2v) is 8.63. The lowest BCUT2D eigenvalue weighted by Gasteiger charge is -2.05. The fourth-order valence-corrected chi connectivity index (χ4v) is 2.61. The van der Waals surface area contributed by atoms with Crippen molar-refractivity contribution in [1.29, 1.82) is 0 Å². The summed E-state index contributed by atoms with van der Waals surface area (Å²) in [6.45, 7) is 0.108. The molecular weight excluding hydrogens is 314 g/mol. The number of hydrogen-bond donors (Lipinski definition) is 1. The van der Waals surface area contributed by atoms with E-state index < -0.39 is 30.5 Å². The molecule has 1 aromatic rings. The Labute approximate surface area is 116 Å². The molecule has 0 aliphatic heterocycles. The van der Waals surface area contributed by atoms with Crippen molar-refractivity contribution in [2.45, 2.75) is 11.4 Å². The molecule has 19 heavy (non-hydrogen) atoms. The van der Waals surface area contributed by atoms with Gasteiger partial charge in [0.2, 0.25) is 5.91 Å². The van der Waals surface area contributed by atoms with Crippen LogP contribution in [0.4, 0.5) is 0 Å². The minimum Gasteiger partial charge on any atom is -0.351 e. The summed E-state index contributed by atoms with van der Waals surface area (Å²) >= 11 is 0. The summed E-state index contributed by atoms with van der Waals surface area (Å²) in [5.41, 5.74) is 0.630. The molecule has 1 aromatic carbocycles. The maximum absolute atomic E-state index is 11.3. The van der Waals surface area contributed by atoms with Gasteiger partial charge in [0.05, 0.1) is 4.90 Å². The molecule has 0 saturated carbocycles. The number of sulfone groups is 1. The molecule has 1 amide bonds. The molecule has 1 N–H and O–H groups in total. The van der Waals surface area contributed by atoms with E-state index in [9.17, 15) is 21.6 Å². The molecule has 0 aromatic heterocycles. The highest BCUT2D eigenvalue weighted by Gasteiger charge is 2.11. The zero-order chi connectivity index (χ0) is 14.7. The lowest BCUT2D eigenvalue weighted by molar-refractivity contribution is -0.118. The van der Waals surface area contributed by atoms with E-state index in [-0.39, 0.29) is 11.4 Å². The molecule has 0 bridgehead atoms. The van der Waals surface area contributed by atoms with Gasteiger partial charge in [-0.1, -0.05) is 12.1 Å². The highest BCUT2D eigenvalue weighted by molar-refractivity contribution is 8.13. The van der Waals surface area contributed by atoms with E-state index in [1.54, 1.807) is 0 Å². The van der Waals surface area contributed by atoms with E-state index in [4.69, 9.17) is 10.7 Å². The third-order valence-corrected chi connectivity index (χ3v) is 4.24. The van der Waals surface area contributed by atoms with Crippen LogP contribution in [0.1, 0.15) is 5.56 Å². The van der Waals surface area contributed by atoms with Crippen LogP contribution in [0.25, 0.3) is 0 Å². The van der Waals surface area contributed by atoms with Gasteiger partial charge in [0.15, 0.2) is 9.84 Å². The van der Waals surface area contributed by atoms with E-state index in [0.717, 1.165) is 6.26 Å². The molecule has 106 valence electrons. The van der Waals surface area contributed by atoms with E-state index in [2.05, 4.69) is 5.32 Å². The summed E-state index contributed by atoms with van der Waals surface area (Å²) < 4.78 is 43.7. The zero-order valence-corrected chi connectivity index (χ0v) is 12.3. The molecule has 0 saturated heterocycles. The largest absolute Gasteiger partial charge is 0.351 e. The Balaban J connectivity index is 2.63. The summed E-state index contributed by atoms with van der Waals surface area (Å²) in [5.74, 6) is -1.20. The first kappa shape index (κ1) is 15.9. The standard InChI is InChI=1S/C10H12ClNO5S2/c1-18(14,15)7-10(13)12-6-8-2-4-9(5-3-8)19(11,16)17/h2-5H,6-7H2,1H3,(H,12,13). The van der Waals surface area contributed by atoms with Gasteiger partial charge in [-0.2, -0.15) is 0 Å². The lowest BCUT2D eigenvalue weighted by atomic mass is 10.2. The highest BCUT2D eigenvalue weighted by atomic mass is 35.7. The van der Waals surface area contributed by atoms with Crippen molar-refractivity contribution in [3.63, 3.8) is 0 Å². The van der Waals surface area contributed by atoms with Crippen molar-refractivity contribution in [2.24, 2.45) is 0 Å². The van der Waals surface area contributed by atoms with Crippen molar-refractivity contribution in [2.75, 3.05) is 12.0 Å². The quantitative estimate of drug-likeness (QED) is 0.784. The molecule has 0 fully saturated rings. The van der Waals surface area contributed by atoms with Gasteiger partial charge >= 0.3 is 0 Å². The first-order valence-electron chi connectivity index (χ1n) is 5.06. The SMILES string of the molecule is CS(=O)(=O)CC(=O)NCc1ccc(S(=O)(=O)Cl)cc1. The topological polar surface area (TPSA) is 97.4 Å². The molecular formula is C10H12ClNO5S2. The fraction of sp³-hybridized carbons (Fsp3) is 0.300. The summed E-state index contributed by atoms with van der Waals surface area (Å²) in [6, 6.07) is 5.58. The summed E-state index contributed by atoms with van der Waals surface area (Å²) in [7, 11) is -1.99. The minimum atomic E-state index is -3.77. The molecule has 0 unspecified atom stereocenters. The van der Waals surface area contributed by atoms with Gasteiger partial charge in [-0.05, 0) is 17.7 Å². The minimum absolute atomic E-state index is 0.0413. The van der Waals surface area contributed by atoms with Crippen LogP contribution in [0.2, 0.25) is 0 Å². The predicted octanol–water partition coefficient (Wildman–Crippen LogP) is 0.275. The highest BCUT2D eigenvalue weighted by Crippen LogP contribution is 2.15. The smallest absolute Gasteiger partial charge is 0.261 e. The van der Waals surface area contributed by atoms with Crippen LogP contribution < -0.4 is 5.32 Å². The molecule has 9 heteroatoms. The van der Waals surface area contributed by atoms with Gasteiger partial charge in [0, 0.05) is 23.5 Å². The van der Waals surface area contributed by atoms with Crippen LogP contribution in [-0.2, 0) is 30.2 Å². The molecule has 0 atom stereocenters. The van der Waals surface area contributed by atoms with E-state index in [1.807, 2.05) is 0 Å². The number of amides is 1. The number of benzene rings is 1. The van der Waals surface area contributed by atoms with Crippen molar-refractivity contribution >= 4 is 35.5 Å². The molecule has 0 aliphatic carbocycles. The monoisotopic (exact) mass is 325 g/mol. The first-order valence-corrected chi connectivity index (χ1v) is 9.43. The Kier molecular flexibility index (Phi) is 4.94. The van der Waals surface area contributed by atoms with Crippen LogP contribution in [0.3, 0.4) is 0 Å². The number of halogens is 1. The zero-order valence-electron chi connectivity index (χ0n) is 9.96. The molecule has 1 rings (SSSR count). The van der Waals surface area contributed by atoms with Crippen molar-refractivity contribution in [1.82, 2.24) is 5.32 Å². The fourth-order valence-electron chi connectivity index (χ4n) is 1.26. The molecule has 6 nitrogen and oxygen atoms in total. The maximum Gasteiger partial charge on any atom is 0.261 e. The number of carbonyl (C=O) groups is 1. The number of rotatable bonds is 5. The van der Waals surface area contributed by atoms with Crippen LogP contribution in [0.5, 0.6) is 0 Å². The Morgan fingerprint density at radius 3 is 2.11 bits per heavy atom. The normalized spacial score (nSPS) is 12.1. The Hall–Kier alpha value is -1.12. The number of carbonyl (C=O) groups excluding carboxylic acids is 1. The van der Waals surface area contributed by atoms with E-state index in [1.165, 1.54) is 24.3 Å². The van der Waals surface area contributed by atoms with Gasteiger partial charge in [-0.3, -0.25) is 4.79 Å². The third-order valence-electron chi connectivity index (χ3n) is 2.09. The Morgan fingerprint density at radius 2 is 1.68 bits per heavy atom. The van der Waals surface area contributed by atoms with E-state index >= 15 is 0 Å². The van der Waals surface area contributed by atoms with Gasteiger partial charge < -0.3 is 5.32 Å². The van der Waals surface area contributed by atoms with Gasteiger partial charge in [0.1, 0.15) is 5.75 Å². The first-order chi connectivity index (χ1) is 8.58. The average Bonchev–Trinajstić information content (AvgIpc) is 2.23. The number of nitrogens with one attached hydrogen (secondary N) is 1. The predicted molar refractivity (Wildman–Crippen MR) is 71.0 cm³/mol. The molecule has 0 spiro atoms. The molecule has 0 radical (unpaired) electrons.